The third kappa shape index (κ3) is 3.86. The molecule has 1 aromatic carbocycles. The summed E-state index contributed by atoms with van der Waals surface area (Å²) in [5.41, 5.74) is 2.45. The lowest BCUT2D eigenvalue weighted by Crippen LogP contribution is -1.80. The van der Waals surface area contributed by atoms with E-state index in [0.29, 0.717) is 0 Å². The fourth-order valence-electron chi connectivity index (χ4n) is 1.33. The van der Waals surface area contributed by atoms with Crippen LogP contribution >= 0.6 is 34.9 Å². The Morgan fingerprint density at radius 3 is 2.44 bits per heavy atom. The van der Waals surface area contributed by atoms with Gasteiger partial charge in [0.2, 0.25) is 0 Å². The highest BCUT2D eigenvalue weighted by atomic mass is 32.2. The number of rotatable bonds is 6. The van der Waals surface area contributed by atoms with Crippen molar-refractivity contribution in [1.29, 1.82) is 0 Å². The third-order valence-corrected chi connectivity index (χ3v) is 5.38. The smallest absolute Gasteiger partial charge is 0.131 e. The van der Waals surface area contributed by atoms with Gasteiger partial charge in [-0.05, 0) is 16.9 Å². The number of hydrogen-bond donors (Lipinski definition) is 0. The Hall–Kier alpha value is -0.780. The van der Waals surface area contributed by atoms with E-state index in [4.69, 9.17) is 0 Å². The Labute approximate surface area is 120 Å². The second-order valence-electron chi connectivity index (χ2n) is 3.50. The maximum absolute atomic E-state index is 4.18. The maximum Gasteiger partial charge on any atom is 0.175 e. The molecule has 2 rings (SSSR count). The van der Waals surface area contributed by atoms with Crippen LogP contribution in [0.3, 0.4) is 0 Å². The quantitative estimate of drug-likeness (QED) is 0.728. The van der Waals surface area contributed by atoms with Gasteiger partial charge in [0.15, 0.2) is 8.68 Å². The van der Waals surface area contributed by atoms with Crippen LogP contribution in [0.25, 0.3) is 6.08 Å². The highest BCUT2D eigenvalue weighted by Gasteiger charge is 2.04. The van der Waals surface area contributed by atoms with Crippen molar-refractivity contribution in [2.24, 2.45) is 0 Å². The molecule has 1 heterocycles. The molecule has 0 aliphatic carbocycles. The van der Waals surface area contributed by atoms with Gasteiger partial charge in [0.05, 0.1) is 0 Å². The van der Waals surface area contributed by atoms with Gasteiger partial charge in [-0.1, -0.05) is 78.7 Å². The first kappa shape index (κ1) is 13.6. The van der Waals surface area contributed by atoms with Gasteiger partial charge in [0.1, 0.15) is 0 Å². The summed E-state index contributed by atoms with van der Waals surface area (Å²) in [6.45, 7) is 5.88. The molecule has 18 heavy (non-hydrogen) atoms. The van der Waals surface area contributed by atoms with Crippen LogP contribution in [0.1, 0.15) is 18.1 Å². The van der Waals surface area contributed by atoms with Crippen molar-refractivity contribution >= 4 is 40.9 Å². The van der Waals surface area contributed by atoms with E-state index in [-0.39, 0.29) is 0 Å². The molecule has 2 aromatic rings. The molecule has 0 unspecified atom stereocenters. The number of benzene rings is 1. The molecule has 2 nitrogen and oxygen atoms in total. The van der Waals surface area contributed by atoms with E-state index in [9.17, 15) is 0 Å². The number of aromatic nitrogens is 2. The molecule has 0 fully saturated rings. The topological polar surface area (TPSA) is 25.8 Å². The van der Waals surface area contributed by atoms with Crippen LogP contribution in [0.4, 0.5) is 0 Å². The van der Waals surface area contributed by atoms with E-state index in [1.807, 2.05) is 6.08 Å². The lowest BCUT2D eigenvalue weighted by atomic mass is 10.1. The fourth-order valence-corrected chi connectivity index (χ4v) is 4.21. The van der Waals surface area contributed by atoms with Crippen molar-refractivity contribution in [3.05, 3.63) is 42.0 Å². The second-order valence-corrected chi connectivity index (χ2v) is 7.21. The van der Waals surface area contributed by atoms with E-state index < -0.39 is 0 Å². The van der Waals surface area contributed by atoms with Crippen LogP contribution in [0, 0.1) is 0 Å². The van der Waals surface area contributed by atoms with E-state index in [1.54, 1.807) is 34.9 Å². The van der Waals surface area contributed by atoms with E-state index in [0.717, 1.165) is 25.7 Å². The summed E-state index contributed by atoms with van der Waals surface area (Å²) in [7, 11) is 0. The molecule has 5 heteroatoms. The second kappa shape index (κ2) is 6.97. The van der Waals surface area contributed by atoms with Gasteiger partial charge in [-0.2, -0.15) is 0 Å². The van der Waals surface area contributed by atoms with Crippen molar-refractivity contribution in [2.75, 3.05) is 5.75 Å². The van der Waals surface area contributed by atoms with Gasteiger partial charge < -0.3 is 0 Å². The molecule has 0 saturated carbocycles. The lowest BCUT2D eigenvalue weighted by Gasteiger charge is -1.99. The van der Waals surface area contributed by atoms with Crippen molar-refractivity contribution in [3.63, 3.8) is 0 Å². The zero-order chi connectivity index (χ0) is 12.8. The van der Waals surface area contributed by atoms with Crippen LogP contribution in [0.15, 0.2) is 39.5 Å². The molecule has 1 aromatic heterocycles. The Balaban J connectivity index is 1.91. The summed E-state index contributed by atoms with van der Waals surface area (Å²) in [5.74, 6) is 1.98. The largest absolute Gasteiger partial charge is 0.175 e. The first-order valence-corrected chi connectivity index (χ1v) is 8.41. The summed E-state index contributed by atoms with van der Waals surface area (Å²) in [6.07, 6.45) is 1.86. The highest BCUT2D eigenvalue weighted by Crippen LogP contribution is 2.30. The molecule has 0 spiro atoms. The number of thioether (sulfide) groups is 2. The predicted molar refractivity (Wildman–Crippen MR) is 82.4 cm³/mol. The summed E-state index contributed by atoms with van der Waals surface area (Å²) in [4.78, 5) is 0. The highest BCUT2D eigenvalue weighted by molar-refractivity contribution is 8.02. The van der Waals surface area contributed by atoms with Crippen molar-refractivity contribution in [2.45, 2.75) is 21.4 Å². The summed E-state index contributed by atoms with van der Waals surface area (Å²) >= 11 is 5.15. The van der Waals surface area contributed by atoms with Gasteiger partial charge in [0.25, 0.3) is 0 Å². The van der Waals surface area contributed by atoms with Crippen LogP contribution in [-0.2, 0) is 5.75 Å². The molecule has 0 aliphatic rings. The molecule has 0 radical (unpaired) electrons. The van der Waals surface area contributed by atoms with E-state index >= 15 is 0 Å². The van der Waals surface area contributed by atoms with Crippen molar-refractivity contribution in [1.82, 2.24) is 10.2 Å². The van der Waals surface area contributed by atoms with Gasteiger partial charge in [-0.15, -0.1) is 10.2 Å². The van der Waals surface area contributed by atoms with E-state index in [2.05, 4.69) is 48.0 Å². The SMILES string of the molecule is C=Cc1ccc(CSc2nnc(SCC)s2)cc1. The monoisotopic (exact) mass is 294 g/mol. The Bertz CT molecular complexity index is 505. The molecule has 0 atom stereocenters. The average Bonchev–Trinajstić information content (AvgIpc) is 2.85. The first-order chi connectivity index (χ1) is 8.81. The van der Waals surface area contributed by atoms with Crippen LogP contribution < -0.4 is 0 Å². The molecule has 0 bridgehead atoms. The number of hydrogen-bond acceptors (Lipinski definition) is 5. The van der Waals surface area contributed by atoms with Gasteiger partial charge >= 0.3 is 0 Å². The maximum atomic E-state index is 4.18. The van der Waals surface area contributed by atoms with Gasteiger partial charge in [-0.25, -0.2) is 0 Å². The summed E-state index contributed by atoms with van der Waals surface area (Å²) < 4.78 is 2.10. The first-order valence-electron chi connectivity index (χ1n) is 5.62. The summed E-state index contributed by atoms with van der Waals surface area (Å²) in [5, 5.41) is 8.32. The normalized spacial score (nSPS) is 10.5. The molecule has 0 saturated heterocycles. The van der Waals surface area contributed by atoms with E-state index in [1.165, 1.54) is 5.56 Å². The zero-order valence-corrected chi connectivity index (χ0v) is 12.6. The molecular weight excluding hydrogens is 280 g/mol. The standard InChI is InChI=1S/C13H14N2S3/c1-3-10-5-7-11(8-6-10)9-17-13-15-14-12(18-13)16-4-2/h3,5-8H,1,4,9H2,2H3. The predicted octanol–water partition coefficient (Wildman–Crippen LogP) is 4.59. The Morgan fingerprint density at radius 1 is 1.17 bits per heavy atom. The van der Waals surface area contributed by atoms with Crippen molar-refractivity contribution in [3.8, 4) is 0 Å². The molecule has 0 N–H and O–H groups in total. The zero-order valence-electron chi connectivity index (χ0n) is 10.1. The minimum atomic E-state index is 0.933. The third-order valence-electron chi connectivity index (χ3n) is 2.23. The molecule has 0 aliphatic heterocycles. The minimum Gasteiger partial charge on any atom is -0.131 e. The van der Waals surface area contributed by atoms with Crippen LogP contribution in [-0.4, -0.2) is 16.0 Å². The fraction of sp³-hybridized carbons (Fsp3) is 0.231. The molecule has 94 valence electrons. The van der Waals surface area contributed by atoms with Crippen molar-refractivity contribution < 1.29 is 0 Å². The summed E-state index contributed by atoms with van der Waals surface area (Å²) in [6, 6.07) is 8.43. The molecular formula is C13H14N2S3. The van der Waals surface area contributed by atoms with Gasteiger partial charge in [-0.3, -0.25) is 0 Å². The van der Waals surface area contributed by atoms with Crippen LogP contribution in [0.5, 0.6) is 0 Å². The average molecular weight is 294 g/mol. The number of nitrogens with zero attached hydrogens (tertiary/aromatic N) is 2. The lowest BCUT2D eigenvalue weighted by molar-refractivity contribution is 0.954. The Morgan fingerprint density at radius 2 is 1.83 bits per heavy atom. The molecule has 0 amide bonds. The minimum absolute atomic E-state index is 0.933. The van der Waals surface area contributed by atoms with Crippen LogP contribution in [0.2, 0.25) is 0 Å². The van der Waals surface area contributed by atoms with Gasteiger partial charge in [0, 0.05) is 5.75 Å². The Kier molecular flexibility index (Phi) is 5.28.